The summed E-state index contributed by atoms with van der Waals surface area (Å²) in [6.45, 7) is 4.32. The summed E-state index contributed by atoms with van der Waals surface area (Å²) in [6, 6.07) is 15.1. The van der Waals surface area contributed by atoms with Crippen molar-refractivity contribution in [2.24, 2.45) is 0 Å². The van der Waals surface area contributed by atoms with Crippen LogP contribution in [0.15, 0.2) is 54.6 Å². The summed E-state index contributed by atoms with van der Waals surface area (Å²) < 4.78 is 26.0. The van der Waals surface area contributed by atoms with Crippen molar-refractivity contribution in [3.8, 4) is 23.0 Å². The maximum absolute atomic E-state index is 13.2. The second-order valence-corrected chi connectivity index (χ2v) is 7.18. The van der Waals surface area contributed by atoms with Crippen LogP contribution in [0, 0.1) is 19.7 Å². The van der Waals surface area contributed by atoms with Gasteiger partial charge in [0.2, 0.25) is 5.88 Å². The molecule has 4 aromatic rings. The number of fused-ring (bicyclic) bond motifs is 1. The van der Waals surface area contributed by atoms with Crippen molar-refractivity contribution < 1.29 is 18.7 Å². The minimum Gasteiger partial charge on any atom is -0.483 e. The van der Waals surface area contributed by atoms with Crippen molar-refractivity contribution in [2.45, 2.75) is 13.8 Å². The molecule has 0 aliphatic carbocycles. The lowest BCUT2D eigenvalue weighted by atomic mass is 10.1. The van der Waals surface area contributed by atoms with Gasteiger partial charge in [0.25, 0.3) is 5.91 Å². The molecule has 1 amide bonds. The molecule has 0 fully saturated rings. The molecule has 0 spiro atoms. The van der Waals surface area contributed by atoms with Gasteiger partial charge in [0.15, 0.2) is 18.1 Å². The van der Waals surface area contributed by atoms with Crippen LogP contribution in [-0.4, -0.2) is 45.5 Å². The summed E-state index contributed by atoms with van der Waals surface area (Å²) in [6.07, 6.45) is 0. The number of para-hydroxylation sites is 1. The first-order valence-electron chi connectivity index (χ1n) is 10.1. The normalized spacial score (nSPS) is 10.8. The number of ether oxygens (including phenoxy) is 2. The van der Waals surface area contributed by atoms with Gasteiger partial charge in [-0.1, -0.05) is 18.2 Å². The molecule has 0 radical (unpaired) electrons. The fraction of sp³-hybridized carbons (Fsp3) is 0.217. The first-order chi connectivity index (χ1) is 15.5. The summed E-state index contributed by atoms with van der Waals surface area (Å²) in [7, 11) is 0. The molecule has 0 aliphatic rings. The zero-order valence-corrected chi connectivity index (χ0v) is 17.7. The zero-order valence-electron chi connectivity index (χ0n) is 17.7. The Labute approximate surface area is 184 Å². The van der Waals surface area contributed by atoms with E-state index in [1.54, 1.807) is 24.3 Å². The molecule has 0 atom stereocenters. The highest BCUT2D eigenvalue weighted by molar-refractivity contribution is 5.77. The van der Waals surface area contributed by atoms with Crippen LogP contribution in [0.2, 0.25) is 0 Å². The predicted molar refractivity (Wildman–Crippen MR) is 116 cm³/mol. The summed E-state index contributed by atoms with van der Waals surface area (Å²) in [5, 5.41) is 15.3. The minimum absolute atomic E-state index is 0.0718. The lowest BCUT2D eigenvalue weighted by Crippen LogP contribution is -2.32. The molecule has 164 valence electrons. The maximum Gasteiger partial charge on any atom is 0.258 e. The van der Waals surface area contributed by atoms with Gasteiger partial charge in [0, 0.05) is 11.6 Å². The number of aromatic nitrogens is 4. The first-order valence-corrected chi connectivity index (χ1v) is 10.1. The smallest absolute Gasteiger partial charge is 0.258 e. The molecule has 1 N–H and O–H groups in total. The highest BCUT2D eigenvalue weighted by Gasteiger charge is 2.11. The van der Waals surface area contributed by atoms with Crippen molar-refractivity contribution in [2.75, 3.05) is 19.8 Å². The van der Waals surface area contributed by atoms with Gasteiger partial charge in [0.1, 0.15) is 18.2 Å². The predicted octanol–water partition coefficient (Wildman–Crippen LogP) is 3.12. The summed E-state index contributed by atoms with van der Waals surface area (Å²) >= 11 is 0. The van der Waals surface area contributed by atoms with E-state index in [0.29, 0.717) is 29.5 Å². The number of amides is 1. The SMILES string of the molecule is Cc1cccc(C)c1OCC(=O)NCCOc1ccc2nnc(-c3ccc(F)cc3)n2n1. The van der Waals surface area contributed by atoms with E-state index in [9.17, 15) is 9.18 Å². The first kappa shape index (κ1) is 21.2. The molecule has 0 bridgehead atoms. The van der Waals surface area contributed by atoms with Crippen LogP contribution in [-0.2, 0) is 4.79 Å². The second-order valence-electron chi connectivity index (χ2n) is 7.18. The average Bonchev–Trinajstić information content (AvgIpc) is 3.20. The van der Waals surface area contributed by atoms with Crippen molar-refractivity contribution in [1.82, 2.24) is 25.1 Å². The van der Waals surface area contributed by atoms with Gasteiger partial charge < -0.3 is 14.8 Å². The molecule has 0 saturated carbocycles. The number of rotatable bonds is 8. The van der Waals surface area contributed by atoms with E-state index in [1.165, 1.54) is 16.6 Å². The third kappa shape index (κ3) is 4.83. The lowest BCUT2D eigenvalue weighted by Gasteiger charge is -2.12. The van der Waals surface area contributed by atoms with E-state index in [-0.39, 0.29) is 24.9 Å². The molecule has 2 heterocycles. The molecule has 2 aromatic heterocycles. The van der Waals surface area contributed by atoms with Crippen LogP contribution in [0.1, 0.15) is 11.1 Å². The molecular formula is C23H22FN5O3. The monoisotopic (exact) mass is 435 g/mol. The maximum atomic E-state index is 13.2. The molecule has 4 rings (SSSR count). The summed E-state index contributed by atoms with van der Waals surface area (Å²) in [4.78, 5) is 12.1. The second kappa shape index (κ2) is 9.42. The van der Waals surface area contributed by atoms with E-state index < -0.39 is 0 Å². The minimum atomic E-state index is -0.332. The highest BCUT2D eigenvalue weighted by atomic mass is 19.1. The van der Waals surface area contributed by atoms with E-state index in [0.717, 1.165) is 16.9 Å². The number of carbonyl (C=O) groups excluding carboxylic acids is 1. The number of carbonyl (C=O) groups is 1. The van der Waals surface area contributed by atoms with Crippen molar-refractivity contribution in [1.29, 1.82) is 0 Å². The number of hydrogen-bond acceptors (Lipinski definition) is 6. The van der Waals surface area contributed by atoms with E-state index in [2.05, 4.69) is 20.6 Å². The van der Waals surface area contributed by atoms with Gasteiger partial charge in [-0.05, 0) is 55.3 Å². The topological polar surface area (TPSA) is 90.6 Å². The fourth-order valence-electron chi connectivity index (χ4n) is 3.19. The Kier molecular flexibility index (Phi) is 6.25. The summed E-state index contributed by atoms with van der Waals surface area (Å²) in [5.41, 5.74) is 3.18. The third-order valence-corrected chi connectivity index (χ3v) is 4.77. The fourth-order valence-corrected chi connectivity index (χ4v) is 3.19. The lowest BCUT2D eigenvalue weighted by molar-refractivity contribution is -0.123. The summed E-state index contributed by atoms with van der Waals surface area (Å²) in [5.74, 6) is 0.976. The van der Waals surface area contributed by atoms with Gasteiger partial charge in [-0.2, -0.15) is 4.52 Å². The number of nitrogens with zero attached hydrogens (tertiary/aromatic N) is 4. The van der Waals surface area contributed by atoms with Crippen LogP contribution < -0.4 is 14.8 Å². The van der Waals surface area contributed by atoms with Crippen LogP contribution in [0.3, 0.4) is 0 Å². The number of nitrogens with one attached hydrogen (secondary N) is 1. The highest BCUT2D eigenvalue weighted by Crippen LogP contribution is 2.22. The number of benzene rings is 2. The Balaban J connectivity index is 1.30. The van der Waals surface area contributed by atoms with Gasteiger partial charge in [-0.15, -0.1) is 15.3 Å². The third-order valence-electron chi connectivity index (χ3n) is 4.77. The van der Waals surface area contributed by atoms with Gasteiger partial charge in [-0.3, -0.25) is 4.79 Å². The number of hydrogen-bond donors (Lipinski definition) is 1. The number of aryl methyl sites for hydroxylation is 2. The van der Waals surface area contributed by atoms with Gasteiger partial charge in [0.05, 0.1) is 6.54 Å². The molecule has 0 saturated heterocycles. The van der Waals surface area contributed by atoms with Crippen LogP contribution >= 0.6 is 0 Å². The van der Waals surface area contributed by atoms with Gasteiger partial charge >= 0.3 is 0 Å². The van der Waals surface area contributed by atoms with Gasteiger partial charge in [-0.25, -0.2) is 4.39 Å². The Morgan fingerprint density at radius 3 is 2.50 bits per heavy atom. The molecule has 8 nitrogen and oxygen atoms in total. The molecule has 0 aliphatic heterocycles. The molecular weight excluding hydrogens is 413 g/mol. The largest absolute Gasteiger partial charge is 0.483 e. The molecule has 2 aromatic carbocycles. The Hall–Kier alpha value is -4.01. The van der Waals surface area contributed by atoms with Crippen LogP contribution in [0.4, 0.5) is 4.39 Å². The average molecular weight is 435 g/mol. The van der Waals surface area contributed by atoms with Crippen molar-refractivity contribution in [3.05, 3.63) is 71.5 Å². The molecule has 9 heteroatoms. The molecule has 0 unspecified atom stereocenters. The van der Waals surface area contributed by atoms with E-state index in [4.69, 9.17) is 9.47 Å². The zero-order chi connectivity index (χ0) is 22.5. The van der Waals surface area contributed by atoms with Crippen molar-refractivity contribution >= 4 is 11.6 Å². The molecule has 32 heavy (non-hydrogen) atoms. The Bertz CT molecular complexity index is 1220. The van der Waals surface area contributed by atoms with E-state index in [1.807, 2.05) is 32.0 Å². The number of halogens is 1. The van der Waals surface area contributed by atoms with E-state index >= 15 is 0 Å². The van der Waals surface area contributed by atoms with Crippen molar-refractivity contribution in [3.63, 3.8) is 0 Å². The standard InChI is InChI=1S/C23H22FN5O3/c1-15-4-3-5-16(2)22(15)32-14-20(30)25-12-13-31-21-11-10-19-26-27-23(29(19)28-21)17-6-8-18(24)9-7-17/h3-11H,12-14H2,1-2H3,(H,25,30). The Morgan fingerprint density at radius 1 is 1.00 bits per heavy atom. The van der Waals surface area contributed by atoms with Crippen LogP contribution in [0.5, 0.6) is 11.6 Å². The quantitative estimate of drug-likeness (QED) is 0.428. The van der Waals surface area contributed by atoms with Crippen LogP contribution in [0.25, 0.3) is 17.0 Å². The Morgan fingerprint density at radius 2 is 1.75 bits per heavy atom.